The van der Waals surface area contributed by atoms with Gasteiger partial charge in [0.25, 0.3) is 0 Å². The maximum absolute atomic E-state index is 6.96. The van der Waals surface area contributed by atoms with Crippen molar-refractivity contribution < 1.29 is 32.7 Å². The minimum Gasteiger partial charge on any atom is -0.482 e. The molecule has 0 bridgehead atoms. The Morgan fingerprint density at radius 1 is 1.44 bits per heavy atom. The van der Waals surface area contributed by atoms with E-state index in [2.05, 4.69) is 20.9 Å². The Balaban J connectivity index is 0.000000640. The molecule has 0 amide bonds. The first-order valence-electron chi connectivity index (χ1n) is 2.12. The van der Waals surface area contributed by atoms with Gasteiger partial charge < -0.3 is 10.7 Å². The molecule has 4 heteroatoms. The molecule has 0 fully saturated rings. The van der Waals surface area contributed by atoms with Crippen LogP contribution in [0.4, 0.5) is 5.82 Å². The van der Waals surface area contributed by atoms with Gasteiger partial charge in [-0.25, -0.2) is 0 Å². The van der Waals surface area contributed by atoms with Gasteiger partial charge in [0.05, 0.1) is 0 Å². The Bertz CT molecular complexity index is 154. The van der Waals surface area contributed by atoms with Gasteiger partial charge in [0, 0.05) is 37.2 Å². The molecule has 1 radical (unpaired) electrons. The maximum atomic E-state index is 6.96. The third-order valence-electron chi connectivity index (χ3n) is 0.727. The maximum Gasteiger partial charge on any atom is 0.0134 e. The van der Waals surface area contributed by atoms with E-state index in [9.17, 15) is 0 Å². The average molecular weight is 261 g/mol. The van der Waals surface area contributed by atoms with Gasteiger partial charge in [0.1, 0.15) is 0 Å². The third-order valence-corrected chi connectivity index (χ3v) is 1.20. The van der Waals surface area contributed by atoms with Crippen LogP contribution in [-0.2, 0) is 32.7 Å². The molecule has 45 valence electrons. The van der Waals surface area contributed by atoms with Gasteiger partial charge >= 0.3 is 0 Å². The predicted molar refractivity (Wildman–Crippen MR) is 35.9 cm³/mol. The fourth-order valence-corrected chi connectivity index (χ4v) is 0.610. The van der Waals surface area contributed by atoms with Gasteiger partial charge in [-0.05, 0) is 6.07 Å². The second kappa shape index (κ2) is 4.37. The van der Waals surface area contributed by atoms with E-state index in [4.69, 9.17) is 5.73 Å². The smallest absolute Gasteiger partial charge is 0.0134 e. The monoisotopic (exact) mass is 260 g/mol. The van der Waals surface area contributed by atoms with E-state index < -0.39 is 0 Å². The Labute approximate surface area is 87.2 Å². The van der Waals surface area contributed by atoms with E-state index in [1.165, 1.54) is 0 Å². The molecule has 1 heterocycles. The number of pyridine rings is 1. The van der Waals surface area contributed by atoms with Crippen LogP contribution in [0.15, 0.2) is 22.8 Å². The summed E-state index contributed by atoms with van der Waals surface area (Å²) < 4.78 is 0.911. The average Bonchev–Trinajstić information content (AvgIpc) is 1.77. The van der Waals surface area contributed by atoms with Crippen molar-refractivity contribution in [3.05, 3.63) is 28.5 Å². The Morgan fingerprint density at radius 2 is 2.11 bits per heavy atom. The molecule has 1 aromatic heterocycles. The summed E-state index contributed by atoms with van der Waals surface area (Å²) >= 11 is 3.20. The molecule has 0 aliphatic heterocycles. The fraction of sp³-hybridized carbons (Fsp3) is 0. The van der Waals surface area contributed by atoms with Crippen LogP contribution in [0, 0.1) is 0 Å². The van der Waals surface area contributed by atoms with Crippen molar-refractivity contribution in [1.29, 1.82) is 0 Å². The number of nitrogens with zero attached hydrogens (tertiary/aromatic N) is 1. The van der Waals surface area contributed by atoms with Crippen molar-refractivity contribution in [3.63, 3.8) is 0 Å². The van der Waals surface area contributed by atoms with Gasteiger partial charge in [0.15, 0.2) is 0 Å². The summed E-state index contributed by atoms with van der Waals surface area (Å²) in [4.78, 5) is 3.70. The molecule has 0 aliphatic rings. The summed E-state index contributed by atoms with van der Waals surface area (Å²) in [5, 5.41) is 0. The number of halogens is 1. The largest absolute Gasteiger partial charge is 0.482 e. The van der Waals surface area contributed by atoms with Crippen LogP contribution < -0.4 is 0 Å². The van der Waals surface area contributed by atoms with Crippen LogP contribution in [0.25, 0.3) is 5.73 Å². The van der Waals surface area contributed by atoms with Gasteiger partial charge in [-0.2, -0.15) is 0 Å². The normalized spacial score (nSPS) is 8.11. The van der Waals surface area contributed by atoms with Crippen molar-refractivity contribution >= 4 is 21.7 Å². The van der Waals surface area contributed by atoms with E-state index in [1.54, 1.807) is 18.3 Å². The zero-order valence-electron chi connectivity index (χ0n) is 4.63. The molecular weight excluding hydrogens is 257 g/mol. The Morgan fingerprint density at radius 3 is 2.44 bits per heavy atom. The van der Waals surface area contributed by atoms with Crippen LogP contribution in [-0.4, -0.2) is 4.98 Å². The van der Waals surface area contributed by atoms with Gasteiger partial charge in [-0.3, -0.25) is 0 Å². The molecular formula is C5H4BrN2Y-. The summed E-state index contributed by atoms with van der Waals surface area (Å²) in [6.45, 7) is 0. The fourth-order valence-electron chi connectivity index (χ4n) is 0.376. The molecule has 1 aromatic rings. The molecule has 0 unspecified atom stereocenters. The van der Waals surface area contributed by atoms with E-state index in [0.717, 1.165) is 4.47 Å². The summed E-state index contributed by atoms with van der Waals surface area (Å²) in [7, 11) is 0. The Hall–Kier alpha value is 0.534. The summed E-state index contributed by atoms with van der Waals surface area (Å²) in [5.74, 6) is 0.299. The van der Waals surface area contributed by atoms with Crippen LogP contribution in [0.3, 0.4) is 0 Å². The van der Waals surface area contributed by atoms with Crippen molar-refractivity contribution in [2.75, 3.05) is 0 Å². The van der Waals surface area contributed by atoms with E-state index in [-0.39, 0.29) is 32.7 Å². The minimum absolute atomic E-state index is 0. The zero-order valence-corrected chi connectivity index (χ0v) is 9.06. The zero-order chi connectivity index (χ0) is 5.98. The van der Waals surface area contributed by atoms with Crippen molar-refractivity contribution in [1.82, 2.24) is 4.98 Å². The van der Waals surface area contributed by atoms with E-state index in [1.807, 2.05) is 0 Å². The molecule has 0 spiro atoms. The number of hydrogen-bond acceptors (Lipinski definition) is 1. The first-order valence-corrected chi connectivity index (χ1v) is 2.91. The first-order chi connectivity index (χ1) is 3.79. The minimum atomic E-state index is 0. The molecule has 0 saturated heterocycles. The second-order valence-electron chi connectivity index (χ2n) is 1.36. The van der Waals surface area contributed by atoms with Crippen LogP contribution in [0.2, 0.25) is 0 Å². The van der Waals surface area contributed by atoms with Crippen molar-refractivity contribution in [3.8, 4) is 0 Å². The van der Waals surface area contributed by atoms with Crippen LogP contribution in [0.1, 0.15) is 0 Å². The molecule has 2 nitrogen and oxygen atoms in total. The number of rotatable bonds is 0. The molecule has 0 atom stereocenters. The SMILES string of the molecule is [NH-]c1ccc(Br)cn1.[Y]. The summed E-state index contributed by atoms with van der Waals surface area (Å²) in [6.07, 6.45) is 1.60. The van der Waals surface area contributed by atoms with Gasteiger partial charge in [-0.1, -0.05) is 34.0 Å². The quantitative estimate of drug-likeness (QED) is 0.706. The molecule has 1 N–H and O–H groups in total. The van der Waals surface area contributed by atoms with Crippen LogP contribution >= 0.6 is 15.9 Å². The van der Waals surface area contributed by atoms with E-state index in [0.29, 0.717) is 5.82 Å². The molecule has 0 aliphatic carbocycles. The van der Waals surface area contributed by atoms with E-state index >= 15 is 0 Å². The third kappa shape index (κ3) is 3.28. The first kappa shape index (κ1) is 9.53. The Kier molecular flexibility index (Phi) is 4.62. The molecule has 1 rings (SSSR count). The molecule has 9 heavy (non-hydrogen) atoms. The number of hydrogen-bond donors (Lipinski definition) is 0. The van der Waals surface area contributed by atoms with Crippen LogP contribution in [0.5, 0.6) is 0 Å². The second-order valence-corrected chi connectivity index (χ2v) is 2.28. The molecule has 0 saturated carbocycles. The summed E-state index contributed by atoms with van der Waals surface area (Å²) in [6, 6.07) is 3.42. The number of nitrogens with one attached hydrogen (secondary N) is 1. The summed E-state index contributed by atoms with van der Waals surface area (Å²) in [5.41, 5.74) is 6.96. The topological polar surface area (TPSA) is 36.7 Å². The predicted octanol–water partition coefficient (Wildman–Crippen LogP) is 2.53. The van der Waals surface area contributed by atoms with Crippen molar-refractivity contribution in [2.24, 2.45) is 0 Å². The van der Waals surface area contributed by atoms with Gasteiger partial charge in [0.2, 0.25) is 0 Å². The van der Waals surface area contributed by atoms with Gasteiger partial charge in [-0.15, -0.1) is 0 Å². The van der Waals surface area contributed by atoms with Crippen molar-refractivity contribution in [2.45, 2.75) is 0 Å². The molecule has 0 aromatic carbocycles. The number of aromatic nitrogens is 1. The standard InChI is InChI=1S/C5H4BrN2.Y/c6-4-1-2-5(7)8-3-4;/h1-3H,(H-,7,8);/q-1;.